The van der Waals surface area contributed by atoms with Gasteiger partial charge in [0.1, 0.15) is 18.1 Å². The Bertz CT molecular complexity index is 999. The summed E-state index contributed by atoms with van der Waals surface area (Å²) in [5.74, 6) is 0.798. The topological polar surface area (TPSA) is 92.6 Å². The van der Waals surface area contributed by atoms with Crippen LogP contribution in [0.4, 0.5) is 11.4 Å². The zero-order valence-corrected chi connectivity index (χ0v) is 16.4. The highest BCUT2D eigenvalue weighted by Gasteiger charge is 2.09. The number of carbonyl (C=O) groups excluding carboxylic acids is 2. The van der Waals surface area contributed by atoms with Crippen LogP contribution < -0.4 is 20.7 Å². The molecule has 0 saturated heterocycles. The second kappa shape index (κ2) is 10.5. The van der Waals surface area contributed by atoms with Gasteiger partial charge in [-0.2, -0.15) is 0 Å². The number of benzene rings is 2. The summed E-state index contributed by atoms with van der Waals surface area (Å²) in [5.41, 5.74) is 1.68. The lowest BCUT2D eigenvalue weighted by Gasteiger charge is -2.12. The zero-order chi connectivity index (χ0) is 21.2. The van der Waals surface area contributed by atoms with Crippen molar-refractivity contribution in [1.29, 1.82) is 0 Å². The first-order valence-electron chi connectivity index (χ1n) is 9.43. The van der Waals surface area contributed by atoms with Gasteiger partial charge in [0.25, 0.3) is 5.91 Å². The number of furan rings is 1. The highest BCUT2D eigenvalue weighted by atomic mass is 16.5. The predicted molar refractivity (Wildman–Crippen MR) is 116 cm³/mol. The monoisotopic (exact) mass is 405 g/mol. The summed E-state index contributed by atoms with van der Waals surface area (Å²) < 4.78 is 10.8. The smallest absolute Gasteiger partial charge is 0.251 e. The maximum Gasteiger partial charge on any atom is 0.251 e. The van der Waals surface area contributed by atoms with Crippen molar-refractivity contribution in [2.75, 3.05) is 23.8 Å². The Morgan fingerprint density at radius 3 is 2.73 bits per heavy atom. The molecule has 3 aromatic rings. The van der Waals surface area contributed by atoms with Gasteiger partial charge in [-0.15, -0.1) is 0 Å². The number of rotatable bonds is 10. The van der Waals surface area contributed by atoms with E-state index in [0.717, 1.165) is 0 Å². The van der Waals surface area contributed by atoms with Crippen molar-refractivity contribution < 1.29 is 18.7 Å². The van der Waals surface area contributed by atoms with Crippen molar-refractivity contribution in [2.24, 2.45) is 0 Å². The Morgan fingerprint density at radius 2 is 1.93 bits per heavy atom. The normalized spacial score (nSPS) is 10.1. The highest BCUT2D eigenvalue weighted by molar-refractivity contribution is 5.98. The molecule has 0 spiro atoms. The van der Waals surface area contributed by atoms with Crippen molar-refractivity contribution in [2.45, 2.75) is 6.54 Å². The first kappa shape index (κ1) is 20.7. The number of ether oxygens (including phenoxy) is 1. The molecular formula is C23H23N3O4. The van der Waals surface area contributed by atoms with Crippen LogP contribution in [0, 0.1) is 0 Å². The van der Waals surface area contributed by atoms with Gasteiger partial charge >= 0.3 is 0 Å². The minimum absolute atomic E-state index is 0.0450. The molecule has 154 valence electrons. The van der Waals surface area contributed by atoms with Crippen LogP contribution in [0.5, 0.6) is 5.75 Å². The van der Waals surface area contributed by atoms with Gasteiger partial charge in [-0.3, -0.25) is 9.59 Å². The highest BCUT2D eigenvalue weighted by Crippen LogP contribution is 2.23. The van der Waals surface area contributed by atoms with E-state index in [9.17, 15) is 9.59 Å². The maximum atomic E-state index is 12.3. The van der Waals surface area contributed by atoms with Gasteiger partial charge in [0.05, 0.1) is 25.0 Å². The van der Waals surface area contributed by atoms with Gasteiger partial charge in [-0.05, 0) is 42.5 Å². The summed E-state index contributed by atoms with van der Waals surface area (Å²) in [6, 6.07) is 17.6. The van der Waals surface area contributed by atoms with Crippen LogP contribution in [0.15, 0.2) is 84.0 Å². The summed E-state index contributed by atoms with van der Waals surface area (Å²) in [7, 11) is 0. The maximum absolute atomic E-state index is 12.3. The number of amides is 2. The number of hydrogen-bond acceptors (Lipinski definition) is 5. The van der Waals surface area contributed by atoms with Crippen LogP contribution in [0.25, 0.3) is 0 Å². The molecular weight excluding hydrogens is 382 g/mol. The van der Waals surface area contributed by atoms with Crippen LogP contribution in [0.1, 0.15) is 16.1 Å². The van der Waals surface area contributed by atoms with Gasteiger partial charge in [-0.1, -0.05) is 30.9 Å². The predicted octanol–water partition coefficient (Wildman–Crippen LogP) is 3.83. The van der Waals surface area contributed by atoms with E-state index in [1.54, 1.807) is 48.7 Å². The SMILES string of the molecule is C=CCOc1ccccc1NCC(=O)Nc1cccc(C(=O)NCc2ccco2)c1. The first-order valence-corrected chi connectivity index (χ1v) is 9.43. The van der Waals surface area contributed by atoms with Crippen molar-refractivity contribution >= 4 is 23.2 Å². The fourth-order valence-corrected chi connectivity index (χ4v) is 2.69. The molecule has 0 aliphatic carbocycles. The molecule has 0 radical (unpaired) electrons. The molecule has 0 aliphatic heterocycles. The molecule has 0 bridgehead atoms. The molecule has 0 unspecified atom stereocenters. The van der Waals surface area contributed by atoms with Gasteiger partial charge < -0.3 is 25.1 Å². The van der Waals surface area contributed by atoms with Crippen LogP contribution in [-0.4, -0.2) is 25.0 Å². The summed E-state index contributed by atoms with van der Waals surface area (Å²) in [6.45, 7) is 4.34. The molecule has 30 heavy (non-hydrogen) atoms. The molecule has 3 rings (SSSR count). The fraction of sp³-hybridized carbons (Fsp3) is 0.130. The third kappa shape index (κ3) is 6.00. The molecule has 0 atom stereocenters. The van der Waals surface area contributed by atoms with Gasteiger partial charge in [-0.25, -0.2) is 0 Å². The van der Waals surface area contributed by atoms with Crippen molar-refractivity contribution in [3.05, 3.63) is 90.9 Å². The van der Waals surface area contributed by atoms with Crippen molar-refractivity contribution in [1.82, 2.24) is 5.32 Å². The van der Waals surface area contributed by atoms with Crippen LogP contribution >= 0.6 is 0 Å². The molecule has 2 amide bonds. The van der Waals surface area contributed by atoms with E-state index in [1.165, 1.54) is 0 Å². The van der Waals surface area contributed by atoms with Gasteiger partial charge in [0, 0.05) is 11.3 Å². The van der Waals surface area contributed by atoms with E-state index in [4.69, 9.17) is 9.15 Å². The third-order valence-corrected chi connectivity index (χ3v) is 4.09. The quantitative estimate of drug-likeness (QED) is 0.446. The summed E-state index contributed by atoms with van der Waals surface area (Å²) in [6.07, 6.45) is 3.21. The summed E-state index contributed by atoms with van der Waals surface area (Å²) in [5, 5.41) is 8.61. The van der Waals surface area contributed by atoms with E-state index < -0.39 is 0 Å². The molecule has 7 nitrogen and oxygen atoms in total. The van der Waals surface area contributed by atoms with E-state index >= 15 is 0 Å². The number of para-hydroxylation sites is 2. The van der Waals surface area contributed by atoms with Crippen LogP contribution in [0.3, 0.4) is 0 Å². The van der Waals surface area contributed by atoms with E-state index in [-0.39, 0.29) is 18.4 Å². The molecule has 0 fully saturated rings. The average molecular weight is 405 g/mol. The second-order valence-corrected chi connectivity index (χ2v) is 6.34. The van der Waals surface area contributed by atoms with Crippen molar-refractivity contribution in [3.63, 3.8) is 0 Å². The number of hydrogen-bond donors (Lipinski definition) is 3. The second-order valence-electron chi connectivity index (χ2n) is 6.34. The minimum atomic E-state index is -0.256. The Labute approximate surface area is 174 Å². The number of carbonyl (C=O) groups is 2. The Kier molecular flexibility index (Phi) is 7.27. The lowest BCUT2D eigenvalue weighted by atomic mass is 10.2. The molecule has 1 heterocycles. The van der Waals surface area contributed by atoms with Crippen molar-refractivity contribution in [3.8, 4) is 5.75 Å². The lowest BCUT2D eigenvalue weighted by Crippen LogP contribution is -2.24. The van der Waals surface area contributed by atoms with E-state index in [1.807, 2.05) is 24.3 Å². The standard InChI is InChI=1S/C23H23N3O4/c1-2-12-30-21-11-4-3-10-20(21)24-16-22(27)26-18-8-5-7-17(14-18)23(28)25-15-19-9-6-13-29-19/h2-11,13-14,24H,1,12,15-16H2,(H,25,28)(H,26,27). The molecule has 7 heteroatoms. The van der Waals surface area contributed by atoms with E-state index in [0.29, 0.717) is 41.6 Å². The summed E-state index contributed by atoms with van der Waals surface area (Å²) >= 11 is 0. The third-order valence-electron chi connectivity index (χ3n) is 4.09. The van der Waals surface area contributed by atoms with Gasteiger partial charge in [0.15, 0.2) is 0 Å². The molecule has 3 N–H and O–H groups in total. The average Bonchev–Trinajstić information content (AvgIpc) is 3.29. The summed E-state index contributed by atoms with van der Waals surface area (Å²) in [4.78, 5) is 24.6. The number of anilines is 2. The first-order chi connectivity index (χ1) is 14.7. The molecule has 1 aromatic heterocycles. The zero-order valence-electron chi connectivity index (χ0n) is 16.4. The van der Waals surface area contributed by atoms with E-state index in [2.05, 4.69) is 22.5 Å². The minimum Gasteiger partial charge on any atom is -0.487 e. The molecule has 0 aliphatic rings. The Morgan fingerprint density at radius 1 is 1.07 bits per heavy atom. The lowest BCUT2D eigenvalue weighted by molar-refractivity contribution is -0.114. The van der Waals surface area contributed by atoms with Gasteiger partial charge in [0.2, 0.25) is 5.91 Å². The Hall–Kier alpha value is -4.00. The fourth-order valence-electron chi connectivity index (χ4n) is 2.69. The van der Waals surface area contributed by atoms with Crippen LogP contribution in [0.2, 0.25) is 0 Å². The van der Waals surface area contributed by atoms with Crippen LogP contribution in [-0.2, 0) is 11.3 Å². The molecule has 0 saturated carbocycles. The largest absolute Gasteiger partial charge is 0.487 e. The Balaban J connectivity index is 1.54. The number of nitrogens with one attached hydrogen (secondary N) is 3. The molecule has 2 aromatic carbocycles.